The van der Waals surface area contributed by atoms with E-state index < -0.39 is 23.7 Å². The van der Waals surface area contributed by atoms with Crippen LogP contribution in [-0.4, -0.2) is 28.8 Å². The van der Waals surface area contributed by atoms with E-state index in [1.165, 1.54) is 11.3 Å². The van der Waals surface area contributed by atoms with E-state index in [0.717, 1.165) is 10.4 Å². The highest BCUT2D eigenvalue weighted by molar-refractivity contribution is 7.10. The zero-order valence-corrected chi connectivity index (χ0v) is 12.3. The predicted molar refractivity (Wildman–Crippen MR) is 73.6 cm³/mol. The van der Waals surface area contributed by atoms with Crippen molar-refractivity contribution in [3.05, 3.63) is 21.9 Å². The number of carboxylic acid groups (broad SMARTS) is 1. The highest BCUT2D eigenvalue weighted by Gasteiger charge is 2.24. The fourth-order valence-electron chi connectivity index (χ4n) is 1.45. The number of carboxylic acids is 1. The molecule has 0 aliphatic heterocycles. The average Bonchev–Trinajstić information content (AvgIpc) is 2.60. The first-order valence-electron chi connectivity index (χ1n) is 5.94. The van der Waals surface area contributed by atoms with E-state index in [9.17, 15) is 9.59 Å². The Kier molecular flexibility index (Phi) is 4.94. The number of aliphatic carboxylic acids is 1. The number of carbonyl (C=O) groups is 2. The van der Waals surface area contributed by atoms with Crippen molar-refractivity contribution in [2.24, 2.45) is 0 Å². The van der Waals surface area contributed by atoms with E-state index in [4.69, 9.17) is 9.84 Å². The number of alkyl carbamates (subject to hydrolysis) is 1. The number of aryl methyl sites for hydroxylation is 1. The Hall–Kier alpha value is -1.56. The Bertz CT molecular complexity index is 461. The minimum absolute atomic E-state index is 0.257. The highest BCUT2D eigenvalue weighted by atomic mass is 32.1. The first-order valence-corrected chi connectivity index (χ1v) is 6.81. The van der Waals surface area contributed by atoms with Gasteiger partial charge >= 0.3 is 12.1 Å². The summed E-state index contributed by atoms with van der Waals surface area (Å²) in [4.78, 5) is 23.6. The van der Waals surface area contributed by atoms with E-state index >= 15 is 0 Å². The van der Waals surface area contributed by atoms with Crippen LogP contribution in [0.3, 0.4) is 0 Å². The Morgan fingerprint density at radius 3 is 2.53 bits per heavy atom. The van der Waals surface area contributed by atoms with Crippen LogP contribution in [0.5, 0.6) is 0 Å². The van der Waals surface area contributed by atoms with Gasteiger partial charge in [0.25, 0.3) is 0 Å². The molecule has 1 amide bonds. The first kappa shape index (κ1) is 15.5. The number of thiophene rings is 1. The van der Waals surface area contributed by atoms with Crippen molar-refractivity contribution >= 4 is 23.4 Å². The second-order valence-corrected chi connectivity index (χ2v) is 6.33. The summed E-state index contributed by atoms with van der Waals surface area (Å²) in [5.41, 5.74) is 0.438. The molecule has 0 spiro atoms. The molecular weight excluding hydrogens is 266 g/mol. The SMILES string of the molecule is Cc1csc(C[C@H](NC(=O)OC(C)(C)C)C(=O)O)c1. The van der Waals surface area contributed by atoms with Crippen molar-refractivity contribution in [2.75, 3.05) is 0 Å². The molecule has 0 saturated heterocycles. The molecule has 0 saturated carbocycles. The summed E-state index contributed by atoms with van der Waals surface area (Å²) in [6, 6.07) is 0.935. The highest BCUT2D eigenvalue weighted by Crippen LogP contribution is 2.16. The van der Waals surface area contributed by atoms with Crippen molar-refractivity contribution < 1.29 is 19.4 Å². The van der Waals surface area contributed by atoms with Crippen LogP contribution >= 0.6 is 11.3 Å². The third-order valence-corrected chi connectivity index (χ3v) is 3.26. The second kappa shape index (κ2) is 6.06. The molecule has 0 aromatic carbocycles. The number of hydrogen-bond acceptors (Lipinski definition) is 4. The summed E-state index contributed by atoms with van der Waals surface area (Å²) in [6.45, 7) is 7.12. The molecule has 2 N–H and O–H groups in total. The molecule has 0 radical (unpaired) electrons. The topological polar surface area (TPSA) is 75.6 Å². The lowest BCUT2D eigenvalue weighted by molar-refractivity contribution is -0.139. The maximum absolute atomic E-state index is 11.6. The van der Waals surface area contributed by atoms with Gasteiger partial charge in [0.2, 0.25) is 0 Å². The third kappa shape index (κ3) is 5.74. The maximum atomic E-state index is 11.6. The second-order valence-electron chi connectivity index (χ2n) is 5.33. The molecule has 1 atom stereocenters. The van der Waals surface area contributed by atoms with Gasteiger partial charge in [0.1, 0.15) is 11.6 Å². The van der Waals surface area contributed by atoms with Gasteiger partial charge in [-0.3, -0.25) is 0 Å². The van der Waals surface area contributed by atoms with Crippen molar-refractivity contribution in [1.29, 1.82) is 0 Å². The molecular formula is C13H19NO4S. The normalized spacial score (nSPS) is 12.8. The van der Waals surface area contributed by atoms with Gasteiger partial charge in [0, 0.05) is 11.3 Å². The predicted octanol–water partition coefficient (Wildman–Crippen LogP) is 2.58. The lowest BCUT2D eigenvalue weighted by atomic mass is 10.1. The third-order valence-electron chi connectivity index (χ3n) is 2.18. The van der Waals surface area contributed by atoms with Crippen LogP contribution in [0.2, 0.25) is 0 Å². The molecule has 0 unspecified atom stereocenters. The minimum atomic E-state index is -1.07. The van der Waals surface area contributed by atoms with Crippen molar-refractivity contribution in [3.8, 4) is 0 Å². The summed E-state index contributed by atoms with van der Waals surface area (Å²) in [6.07, 6.45) is -0.458. The van der Waals surface area contributed by atoms with Crippen molar-refractivity contribution in [1.82, 2.24) is 5.32 Å². The minimum Gasteiger partial charge on any atom is -0.480 e. The molecule has 19 heavy (non-hydrogen) atoms. The van der Waals surface area contributed by atoms with Crippen LogP contribution in [-0.2, 0) is 16.0 Å². The van der Waals surface area contributed by atoms with E-state index in [0.29, 0.717) is 0 Å². The summed E-state index contributed by atoms with van der Waals surface area (Å²) in [5.74, 6) is -1.07. The number of hydrogen-bond donors (Lipinski definition) is 2. The van der Waals surface area contributed by atoms with Crippen LogP contribution in [0.1, 0.15) is 31.2 Å². The van der Waals surface area contributed by atoms with E-state index in [2.05, 4.69) is 5.32 Å². The van der Waals surface area contributed by atoms with Crippen LogP contribution in [0.15, 0.2) is 11.4 Å². The Morgan fingerprint density at radius 1 is 1.47 bits per heavy atom. The molecule has 1 aromatic heterocycles. The number of rotatable bonds is 4. The fraction of sp³-hybridized carbons (Fsp3) is 0.538. The summed E-state index contributed by atoms with van der Waals surface area (Å²) in [5, 5.41) is 13.4. The van der Waals surface area contributed by atoms with E-state index in [-0.39, 0.29) is 6.42 Å². The number of carbonyl (C=O) groups excluding carboxylic acids is 1. The molecule has 5 nitrogen and oxygen atoms in total. The van der Waals surface area contributed by atoms with Crippen LogP contribution < -0.4 is 5.32 Å². The molecule has 0 aliphatic rings. The van der Waals surface area contributed by atoms with Crippen molar-refractivity contribution in [2.45, 2.75) is 45.8 Å². The molecule has 0 fully saturated rings. The number of nitrogens with one attached hydrogen (secondary N) is 1. The van der Waals surface area contributed by atoms with Crippen LogP contribution in [0.25, 0.3) is 0 Å². The van der Waals surface area contributed by atoms with Crippen LogP contribution in [0.4, 0.5) is 4.79 Å². The van der Waals surface area contributed by atoms with E-state index in [1.54, 1.807) is 20.8 Å². The number of amides is 1. The molecule has 1 heterocycles. The fourth-order valence-corrected chi connectivity index (χ4v) is 2.37. The summed E-state index contributed by atoms with van der Waals surface area (Å²) < 4.78 is 5.05. The quantitative estimate of drug-likeness (QED) is 0.891. The zero-order valence-electron chi connectivity index (χ0n) is 11.5. The maximum Gasteiger partial charge on any atom is 0.408 e. The van der Waals surface area contributed by atoms with Gasteiger partial charge in [-0.15, -0.1) is 11.3 Å². The monoisotopic (exact) mass is 285 g/mol. The van der Waals surface area contributed by atoms with Gasteiger partial charge in [-0.25, -0.2) is 9.59 Å². The standard InChI is InChI=1S/C13H19NO4S/c1-8-5-9(19-7-8)6-10(11(15)16)14-12(17)18-13(2,3)4/h5,7,10H,6H2,1-4H3,(H,14,17)(H,15,16)/t10-/m0/s1. The van der Waals surface area contributed by atoms with Gasteiger partial charge in [0.05, 0.1) is 0 Å². The largest absolute Gasteiger partial charge is 0.480 e. The van der Waals surface area contributed by atoms with Crippen molar-refractivity contribution in [3.63, 3.8) is 0 Å². The Labute approximate surface area is 116 Å². The lowest BCUT2D eigenvalue weighted by Crippen LogP contribution is -2.44. The van der Waals surface area contributed by atoms with Gasteiger partial charge in [-0.2, -0.15) is 0 Å². The zero-order chi connectivity index (χ0) is 14.6. The molecule has 0 bridgehead atoms. The van der Waals surface area contributed by atoms with Gasteiger partial charge in [0.15, 0.2) is 0 Å². The molecule has 1 aromatic rings. The van der Waals surface area contributed by atoms with E-state index in [1.807, 2.05) is 18.4 Å². The first-order chi connectivity index (χ1) is 8.67. The Balaban J connectivity index is 2.63. The smallest absolute Gasteiger partial charge is 0.408 e. The number of ether oxygens (including phenoxy) is 1. The summed E-state index contributed by atoms with van der Waals surface area (Å²) in [7, 11) is 0. The van der Waals surface area contributed by atoms with Gasteiger partial charge in [-0.1, -0.05) is 0 Å². The lowest BCUT2D eigenvalue weighted by Gasteiger charge is -2.21. The molecule has 6 heteroatoms. The Morgan fingerprint density at radius 2 is 2.11 bits per heavy atom. The average molecular weight is 285 g/mol. The van der Waals surface area contributed by atoms with Gasteiger partial charge in [-0.05, 0) is 44.7 Å². The van der Waals surface area contributed by atoms with Gasteiger partial charge < -0.3 is 15.2 Å². The molecule has 0 aliphatic carbocycles. The van der Waals surface area contributed by atoms with Crippen LogP contribution in [0, 0.1) is 6.92 Å². The molecule has 1 rings (SSSR count). The molecule has 106 valence electrons. The summed E-state index contributed by atoms with van der Waals surface area (Å²) >= 11 is 1.48.